The molecule has 0 radical (unpaired) electrons. The van der Waals surface area contributed by atoms with Crippen LogP contribution in [0.1, 0.15) is 28.4 Å². The lowest BCUT2D eigenvalue weighted by atomic mass is 10.1. The third-order valence-electron chi connectivity index (χ3n) is 4.48. The van der Waals surface area contributed by atoms with Crippen LogP contribution in [0.2, 0.25) is 0 Å². The highest BCUT2D eigenvalue weighted by molar-refractivity contribution is 5.94. The van der Waals surface area contributed by atoms with Crippen LogP contribution in [-0.2, 0) is 19.4 Å². The van der Waals surface area contributed by atoms with E-state index in [0.717, 1.165) is 12.8 Å². The number of hydrogen-bond donors (Lipinski definition) is 0. The van der Waals surface area contributed by atoms with Crippen molar-refractivity contribution < 1.29 is 4.79 Å². The van der Waals surface area contributed by atoms with E-state index in [0.29, 0.717) is 12.1 Å². The fourth-order valence-electron chi connectivity index (χ4n) is 3.08. The highest BCUT2D eigenvalue weighted by Gasteiger charge is 2.27. The first-order valence-electron chi connectivity index (χ1n) is 7.64. The molecule has 1 heterocycles. The Morgan fingerprint density at radius 3 is 2.41 bits per heavy atom. The molecule has 1 aliphatic rings. The van der Waals surface area contributed by atoms with Gasteiger partial charge in [0, 0.05) is 37.5 Å². The summed E-state index contributed by atoms with van der Waals surface area (Å²) in [6.07, 6.45) is 3.45. The van der Waals surface area contributed by atoms with Crippen molar-refractivity contribution in [2.75, 3.05) is 7.05 Å². The van der Waals surface area contributed by atoms with Gasteiger partial charge in [0.1, 0.15) is 0 Å². The summed E-state index contributed by atoms with van der Waals surface area (Å²) < 4.78 is 1.59. The van der Waals surface area contributed by atoms with Crippen LogP contribution in [0.25, 0.3) is 0 Å². The van der Waals surface area contributed by atoms with E-state index in [4.69, 9.17) is 0 Å². The molecular formula is C18H20N2O2. The molecule has 1 amide bonds. The van der Waals surface area contributed by atoms with Crippen molar-refractivity contribution in [2.45, 2.75) is 32.4 Å². The first kappa shape index (κ1) is 14.6. The number of hydrogen-bond acceptors (Lipinski definition) is 2. The molecule has 2 aromatic rings. The number of benzene rings is 1. The second kappa shape index (κ2) is 5.79. The average molecular weight is 296 g/mol. The lowest BCUT2D eigenvalue weighted by Crippen LogP contribution is -2.38. The minimum atomic E-state index is -0.128. The third-order valence-corrected chi connectivity index (χ3v) is 4.48. The molecule has 22 heavy (non-hydrogen) atoms. The molecular weight excluding hydrogens is 276 g/mol. The van der Waals surface area contributed by atoms with Crippen molar-refractivity contribution in [3.8, 4) is 0 Å². The molecule has 114 valence electrons. The van der Waals surface area contributed by atoms with Crippen LogP contribution in [0.4, 0.5) is 0 Å². The van der Waals surface area contributed by atoms with Crippen molar-refractivity contribution in [1.82, 2.24) is 9.47 Å². The Labute approximate surface area is 130 Å². The number of pyridine rings is 1. The number of rotatable bonds is 3. The molecule has 0 saturated carbocycles. The van der Waals surface area contributed by atoms with Crippen LogP contribution < -0.4 is 5.56 Å². The number of likely N-dealkylation sites (N-methyl/N-ethyl adjacent to an activating group) is 1. The summed E-state index contributed by atoms with van der Waals surface area (Å²) in [6.45, 7) is 2.52. The molecule has 0 N–H and O–H groups in total. The van der Waals surface area contributed by atoms with Gasteiger partial charge in [-0.15, -0.1) is 0 Å². The number of fused-ring (bicyclic) bond motifs is 1. The van der Waals surface area contributed by atoms with Crippen molar-refractivity contribution in [1.29, 1.82) is 0 Å². The molecule has 4 nitrogen and oxygen atoms in total. The molecule has 0 unspecified atom stereocenters. The zero-order valence-corrected chi connectivity index (χ0v) is 13.0. The van der Waals surface area contributed by atoms with Gasteiger partial charge in [-0.05, 0) is 37.0 Å². The molecule has 1 aromatic heterocycles. The highest BCUT2D eigenvalue weighted by Crippen LogP contribution is 2.25. The fourth-order valence-corrected chi connectivity index (χ4v) is 3.08. The second-order valence-electron chi connectivity index (χ2n) is 5.79. The van der Waals surface area contributed by atoms with E-state index in [9.17, 15) is 9.59 Å². The van der Waals surface area contributed by atoms with Gasteiger partial charge in [0.2, 0.25) is 0 Å². The quantitative estimate of drug-likeness (QED) is 0.870. The summed E-state index contributed by atoms with van der Waals surface area (Å²) in [5.74, 6) is -0.0850. The van der Waals surface area contributed by atoms with E-state index >= 15 is 0 Å². The second-order valence-corrected chi connectivity index (χ2v) is 5.79. The number of amides is 1. The monoisotopic (exact) mass is 296 g/mol. The number of nitrogens with zero attached hydrogens (tertiary/aromatic N) is 2. The Bertz CT molecular complexity index is 739. The molecule has 0 fully saturated rings. The smallest absolute Gasteiger partial charge is 0.254 e. The lowest BCUT2D eigenvalue weighted by molar-refractivity contribution is 0.0737. The maximum Gasteiger partial charge on any atom is 0.254 e. The van der Waals surface area contributed by atoms with Crippen LogP contribution in [0.15, 0.2) is 47.4 Å². The van der Waals surface area contributed by atoms with Crippen LogP contribution in [0.3, 0.4) is 0 Å². The number of aromatic nitrogens is 1. The van der Waals surface area contributed by atoms with Gasteiger partial charge in [-0.25, -0.2) is 0 Å². The van der Waals surface area contributed by atoms with Gasteiger partial charge in [0.05, 0.1) is 0 Å². The Hall–Kier alpha value is -2.36. The third kappa shape index (κ3) is 2.56. The van der Waals surface area contributed by atoms with E-state index in [1.54, 1.807) is 21.7 Å². The van der Waals surface area contributed by atoms with E-state index < -0.39 is 0 Å². The van der Waals surface area contributed by atoms with Gasteiger partial charge in [0.15, 0.2) is 0 Å². The number of aryl methyl sites for hydroxylation is 1. The average Bonchev–Trinajstić information content (AvgIpc) is 2.97. The van der Waals surface area contributed by atoms with Crippen molar-refractivity contribution >= 4 is 5.91 Å². The first-order chi connectivity index (χ1) is 10.6. The van der Waals surface area contributed by atoms with E-state index in [-0.39, 0.29) is 17.5 Å². The molecule has 3 rings (SSSR count). The summed E-state index contributed by atoms with van der Waals surface area (Å²) in [6, 6.07) is 11.6. The normalized spacial score (nSPS) is 13.9. The predicted molar refractivity (Wildman–Crippen MR) is 86.1 cm³/mol. The van der Waals surface area contributed by atoms with Crippen LogP contribution in [0, 0.1) is 0 Å². The topological polar surface area (TPSA) is 42.3 Å². The van der Waals surface area contributed by atoms with Crippen molar-refractivity contribution in [3.63, 3.8) is 0 Å². The molecule has 4 heteroatoms. The minimum Gasteiger partial charge on any atom is -0.338 e. The SMILES string of the molecule is CCn1ccc(C(=O)N(C)C2Cc3ccccc3C2)cc1=O. The fraction of sp³-hybridized carbons (Fsp3) is 0.333. The Balaban J connectivity index is 1.79. The highest BCUT2D eigenvalue weighted by atomic mass is 16.2. The van der Waals surface area contributed by atoms with Crippen LogP contribution in [-0.4, -0.2) is 28.5 Å². The van der Waals surface area contributed by atoms with Crippen molar-refractivity contribution in [2.24, 2.45) is 0 Å². The summed E-state index contributed by atoms with van der Waals surface area (Å²) in [7, 11) is 1.82. The Morgan fingerprint density at radius 1 is 1.23 bits per heavy atom. The molecule has 0 atom stereocenters. The van der Waals surface area contributed by atoms with Gasteiger partial charge in [-0.2, -0.15) is 0 Å². The Morgan fingerprint density at radius 2 is 1.86 bits per heavy atom. The first-order valence-corrected chi connectivity index (χ1v) is 7.64. The van der Waals surface area contributed by atoms with E-state index in [2.05, 4.69) is 12.1 Å². The van der Waals surface area contributed by atoms with E-state index in [1.165, 1.54) is 17.2 Å². The van der Waals surface area contributed by atoms with Gasteiger partial charge < -0.3 is 9.47 Å². The zero-order valence-electron chi connectivity index (χ0n) is 13.0. The van der Waals surface area contributed by atoms with Gasteiger partial charge in [0.25, 0.3) is 11.5 Å². The zero-order chi connectivity index (χ0) is 15.7. The number of carbonyl (C=O) groups is 1. The molecule has 0 bridgehead atoms. The minimum absolute atomic E-state index is 0.0850. The van der Waals surface area contributed by atoms with Gasteiger partial charge >= 0.3 is 0 Å². The van der Waals surface area contributed by atoms with Crippen LogP contribution in [0.5, 0.6) is 0 Å². The molecule has 1 aliphatic carbocycles. The summed E-state index contributed by atoms with van der Waals surface area (Å²) >= 11 is 0. The van der Waals surface area contributed by atoms with Gasteiger partial charge in [-0.1, -0.05) is 24.3 Å². The molecule has 0 saturated heterocycles. The summed E-state index contributed by atoms with van der Waals surface area (Å²) in [4.78, 5) is 26.3. The van der Waals surface area contributed by atoms with Gasteiger partial charge in [-0.3, -0.25) is 9.59 Å². The molecule has 0 spiro atoms. The lowest BCUT2D eigenvalue weighted by Gasteiger charge is -2.24. The molecule has 1 aromatic carbocycles. The standard InChI is InChI=1S/C18H20N2O2/c1-3-20-9-8-15(12-17(20)21)18(22)19(2)16-10-13-6-4-5-7-14(13)11-16/h4-9,12,16H,3,10-11H2,1-2H3. The Kier molecular flexibility index (Phi) is 3.84. The summed E-state index contributed by atoms with van der Waals surface area (Å²) in [5, 5.41) is 0. The largest absolute Gasteiger partial charge is 0.338 e. The van der Waals surface area contributed by atoms with Crippen molar-refractivity contribution in [3.05, 3.63) is 69.6 Å². The predicted octanol–water partition coefficient (Wildman–Crippen LogP) is 2.11. The summed E-state index contributed by atoms with van der Waals surface area (Å²) in [5.41, 5.74) is 2.96. The number of carbonyl (C=O) groups excluding carboxylic acids is 1. The molecule has 0 aliphatic heterocycles. The maximum absolute atomic E-state index is 12.6. The maximum atomic E-state index is 12.6. The van der Waals surface area contributed by atoms with E-state index in [1.807, 2.05) is 26.1 Å². The van der Waals surface area contributed by atoms with Crippen LogP contribution >= 0.6 is 0 Å².